The first-order chi connectivity index (χ1) is 15.6. The van der Waals surface area contributed by atoms with Crippen molar-refractivity contribution in [3.05, 3.63) is 48.5 Å². The van der Waals surface area contributed by atoms with Crippen LogP contribution >= 0.6 is 0 Å². The summed E-state index contributed by atoms with van der Waals surface area (Å²) in [7, 11) is 0. The van der Waals surface area contributed by atoms with Crippen LogP contribution in [0, 0.1) is 0 Å². The lowest BCUT2D eigenvalue weighted by atomic mass is 10.2. The van der Waals surface area contributed by atoms with Gasteiger partial charge in [0.05, 0.1) is 0 Å². The molecule has 0 radical (unpaired) electrons. The fourth-order valence-corrected chi connectivity index (χ4v) is 3.24. The molecule has 0 atom stereocenters. The van der Waals surface area contributed by atoms with E-state index >= 15 is 0 Å². The highest BCUT2D eigenvalue weighted by Gasteiger charge is 2.09. The third-order valence-corrected chi connectivity index (χ3v) is 5.14. The van der Waals surface area contributed by atoms with Crippen molar-refractivity contribution in [3.8, 4) is 11.5 Å². The minimum absolute atomic E-state index is 0.543. The summed E-state index contributed by atoms with van der Waals surface area (Å²) in [6, 6.07) is 15.0. The zero-order chi connectivity index (χ0) is 23.0. The fraction of sp³-hybridized carbons (Fsp3) is 0.500. The monoisotopic (exact) mass is 444 g/mol. The first-order valence-electron chi connectivity index (χ1n) is 11.4. The van der Waals surface area contributed by atoms with Crippen molar-refractivity contribution < 1.29 is 9.47 Å². The molecule has 2 rings (SSSR count). The zero-order valence-electron chi connectivity index (χ0n) is 19.1. The molecule has 0 aromatic heterocycles. The SMILES string of the molecule is NCCCN(CCCCN(CCCN)COc1ccc(N)cc1)COc1ccc(N)cc1. The van der Waals surface area contributed by atoms with E-state index in [1.54, 1.807) is 0 Å². The number of hydrogen-bond donors (Lipinski definition) is 4. The molecular formula is C24H40N6O2. The summed E-state index contributed by atoms with van der Waals surface area (Å²) >= 11 is 0. The number of ether oxygens (including phenoxy) is 2. The van der Waals surface area contributed by atoms with Crippen molar-refractivity contribution in [2.24, 2.45) is 11.5 Å². The molecule has 0 aliphatic carbocycles. The summed E-state index contributed by atoms with van der Waals surface area (Å²) in [5.41, 5.74) is 24.4. The van der Waals surface area contributed by atoms with Crippen molar-refractivity contribution in [2.75, 3.05) is 64.2 Å². The van der Waals surface area contributed by atoms with Gasteiger partial charge in [-0.25, -0.2) is 0 Å². The van der Waals surface area contributed by atoms with Crippen LogP contribution in [0.2, 0.25) is 0 Å². The average Bonchev–Trinajstić information content (AvgIpc) is 2.81. The Hall–Kier alpha value is -2.52. The van der Waals surface area contributed by atoms with E-state index in [9.17, 15) is 0 Å². The normalized spacial score (nSPS) is 11.2. The molecule has 8 nitrogen and oxygen atoms in total. The minimum Gasteiger partial charge on any atom is -0.478 e. The first-order valence-corrected chi connectivity index (χ1v) is 11.4. The summed E-state index contributed by atoms with van der Waals surface area (Å²) in [5, 5.41) is 0. The minimum atomic E-state index is 0.543. The van der Waals surface area contributed by atoms with Crippen molar-refractivity contribution in [3.63, 3.8) is 0 Å². The third kappa shape index (κ3) is 10.7. The van der Waals surface area contributed by atoms with Crippen molar-refractivity contribution in [1.82, 2.24) is 9.80 Å². The molecule has 2 aromatic carbocycles. The topological polar surface area (TPSA) is 129 Å². The highest BCUT2D eigenvalue weighted by atomic mass is 16.5. The zero-order valence-corrected chi connectivity index (χ0v) is 19.1. The van der Waals surface area contributed by atoms with Gasteiger partial charge in [-0.15, -0.1) is 0 Å². The molecule has 0 unspecified atom stereocenters. The largest absolute Gasteiger partial charge is 0.478 e. The molecule has 0 aliphatic rings. The summed E-state index contributed by atoms with van der Waals surface area (Å²) < 4.78 is 11.8. The van der Waals surface area contributed by atoms with Gasteiger partial charge in [-0.3, -0.25) is 9.80 Å². The Balaban J connectivity index is 1.74. The molecule has 0 fully saturated rings. The summed E-state index contributed by atoms with van der Waals surface area (Å²) in [5.74, 6) is 1.65. The van der Waals surface area contributed by atoms with Crippen molar-refractivity contribution >= 4 is 11.4 Å². The number of anilines is 2. The average molecular weight is 445 g/mol. The molecule has 0 aliphatic heterocycles. The van der Waals surface area contributed by atoms with E-state index in [2.05, 4.69) is 9.80 Å². The van der Waals surface area contributed by atoms with Crippen LogP contribution < -0.4 is 32.4 Å². The molecular weight excluding hydrogens is 404 g/mol. The van der Waals surface area contributed by atoms with E-state index in [1.165, 1.54) is 0 Å². The predicted octanol–water partition coefficient (Wildman–Crippen LogP) is 2.31. The lowest BCUT2D eigenvalue weighted by Crippen LogP contribution is -2.33. The van der Waals surface area contributed by atoms with Gasteiger partial charge in [0.25, 0.3) is 0 Å². The highest BCUT2D eigenvalue weighted by molar-refractivity contribution is 5.42. The molecule has 178 valence electrons. The summed E-state index contributed by atoms with van der Waals surface area (Å²) in [6.07, 6.45) is 4.03. The van der Waals surface area contributed by atoms with E-state index in [0.29, 0.717) is 26.6 Å². The quantitative estimate of drug-likeness (QED) is 0.166. The fourth-order valence-electron chi connectivity index (χ4n) is 3.24. The summed E-state index contributed by atoms with van der Waals surface area (Å²) in [4.78, 5) is 4.61. The molecule has 32 heavy (non-hydrogen) atoms. The van der Waals surface area contributed by atoms with E-state index < -0.39 is 0 Å². The molecule has 8 N–H and O–H groups in total. The maximum Gasteiger partial charge on any atom is 0.142 e. The Kier molecular flexibility index (Phi) is 12.3. The number of nitrogen functional groups attached to an aromatic ring is 2. The molecule has 0 bridgehead atoms. The standard InChI is InChI=1S/C24H40N6O2/c25-13-3-17-29(19-31-23-9-5-21(27)6-10-23)15-1-2-16-30(18-4-14-26)20-32-24-11-7-22(28)8-12-24/h5-12H,1-4,13-20,25-28H2. The smallest absolute Gasteiger partial charge is 0.142 e. The molecule has 0 saturated carbocycles. The number of nitrogens with two attached hydrogens (primary N) is 4. The van der Waals surface area contributed by atoms with Gasteiger partial charge in [0, 0.05) is 37.6 Å². The van der Waals surface area contributed by atoms with Gasteiger partial charge < -0.3 is 32.4 Å². The van der Waals surface area contributed by atoms with E-state index in [4.69, 9.17) is 32.4 Å². The van der Waals surface area contributed by atoms with E-state index in [-0.39, 0.29) is 0 Å². The molecule has 8 heteroatoms. The van der Waals surface area contributed by atoms with Crippen LogP contribution in [0.5, 0.6) is 11.5 Å². The van der Waals surface area contributed by atoms with Gasteiger partial charge in [-0.05, 0) is 87.3 Å². The second kappa shape index (κ2) is 15.3. The molecule has 0 amide bonds. The van der Waals surface area contributed by atoms with Gasteiger partial charge in [0.15, 0.2) is 0 Å². The van der Waals surface area contributed by atoms with Gasteiger partial charge in [0.2, 0.25) is 0 Å². The Labute approximate surface area is 192 Å². The number of nitrogens with zero attached hydrogens (tertiary/aromatic N) is 2. The maximum atomic E-state index is 5.92. The second-order valence-electron chi connectivity index (χ2n) is 7.91. The van der Waals surface area contributed by atoms with Crippen LogP contribution in [0.25, 0.3) is 0 Å². The van der Waals surface area contributed by atoms with Crippen LogP contribution in [0.4, 0.5) is 11.4 Å². The van der Waals surface area contributed by atoms with Gasteiger partial charge in [-0.2, -0.15) is 0 Å². The van der Waals surface area contributed by atoms with Crippen LogP contribution in [-0.2, 0) is 0 Å². The van der Waals surface area contributed by atoms with Crippen LogP contribution in [-0.4, -0.2) is 62.5 Å². The Morgan fingerprint density at radius 1 is 0.531 bits per heavy atom. The lowest BCUT2D eigenvalue weighted by molar-refractivity contribution is 0.109. The Morgan fingerprint density at radius 3 is 1.22 bits per heavy atom. The summed E-state index contributed by atoms with van der Waals surface area (Å²) in [6.45, 7) is 6.19. The van der Waals surface area contributed by atoms with Gasteiger partial charge in [0.1, 0.15) is 25.0 Å². The van der Waals surface area contributed by atoms with Crippen LogP contribution in [0.3, 0.4) is 0 Å². The number of rotatable bonds is 17. The number of unbranched alkanes of at least 4 members (excludes halogenated alkanes) is 1. The molecule has 0 saturated heterocycles. The van der Waals surface area contributed by atoms with Crippen molar-refractivity contribution in [2.45, 2.75) is 25.7 Å². The number of benzene rings is 2. The molecule has 0 spiro atoms. The first kappa shape index (κ1) is 25.7. The van der Waals surface area contributed by atoms with Crippen molar-refractivity contribution in [1.29, 1.82) is 0 Å². The third-order valence-electron chi connectivity index (χ3n) is 5.14. The van der Waals surface area contributed by atoms with Gasteiger partial charge >= 0.3 is 0 Å². The predicted molar refractivity (Wildman–Crippen MR) is 132 cm³/mol. The van der Waals surface area contributed by atoms with Gasteiger partial charge in [-0.1, -0.05) is 0 Å². The van der Waals surface area contributed by atoms with Crippen LogP contribution in [0.15, 0.2) is 48.5 Å². The molecule has 0 heterocycles. The highest BCUT2D eigenvalue weighted by Crippen LogP contribution is 2.15. The van der Waals surface area contributed by atoms with E-state index in [0.717, 1.165) is 74.7 Å². The Bertz CT molecular complexity index is 663. The second-order valence-corrected chi connectivity index (χ2v) is 7.91. The Morgan fingerprint density at radius 2 is 0.875 bits per heavy atom. The van der Waals surface area contributed by atoms with E-state index in [1.807, 2.05) is 48.5 Å². The molecule has 2 aromatic rings. The maximum absolute atomic E-state index is 5.92. The number of hydrogen-bond acceptors (Lipinski definition) is 8. The van der Waals surface area contributed by atoms with Crippen LogP contribution in [0.1, 0.15) is 25.7 Å². The lowest BCUT2D eigenvalue weighted by Gasteiger charge is -2.24.